The summed E-state index contributed by atoms with van der Waals surface area (Å²) in [4.78, 5) is 11.4. The second-order valence-corrected chi connectivity index (χ2v) is 4.68. The van der Waals surface area contributed by atoms with Gasteiger partial charge >= 0.3 is 0 Å². The van der Waals surface area contributed by atoms with Crippen molar-refractivity contribution < 1.29 is 18.7 Å². The highest BCUT2D eigenvalue weighted by molar-refractivity contribution is 5.63. The van der Waals surface area contributed by atoms with Gasteiger partial charge < -0.3 is 14.3 Å². The standard InChI is InChI=1S/C17H17FO3/c1-20-16-8-5-13(17(10-16)21-2)9-14(11-19)12-3-6-15(18)7-4-12/h3-8,10-11,14H,9H2,1-2H3. The van der Waals surface area contributed by atoms with Gasteiger partial charge in [0.1, 0.15) is 23.6 Å². The van der Waals surface area contributed by atoms with E-state index in [0.717, 1.165) is 17.4 Å². The van der Waals surface area contributed by atoms with Gasteiger partial charge in [0, 0.05) is 12.0 Å². The van der Waals surface area contributed by atoms with Gasteiger partial charge in [0.15, 0.2) is 0 Å². The normalized spacial score (nSPS) is 11.8. The van der Waals surface area contributed by atoms with Crippen molar-refractivity contribution in [1.82, 2.24) is 0 Å². The van der Waals surface area contributed by atoms with Crippen LogP contribution >= 0.6 is 0 Å². The molecule has 2 aromatic carbocycles. The van der Waals surface area contributed by atoms with Crippen LogP contribution in [0.15, 0.2) is 42.5 Å². The van der Waals surface area contributed by atoms with Crippen LogP contribution in [0.1, 0.15) is 17.0 Å². The quantitative estimate of drug-likeness (QED) is 0.765. The molecular formula is C17H17FO3. The molecule has 0 radical (unpaired) electrons. The van der Waals surface area contributed by atoms with Crippen molar-refractivity contribution in [3.05, 3.63) is 59.4 Å². The zero-order chi connectivity index (χ0) is 15.2. The van der Waals surface area contributed by atoms with E-state index in [4.69, 9.17) is 9.47 Å². The largest absolute Gasteiger partial charge is 0.497 e. The Bertz CT molecular complexity index is 608. The molecule has 2 rings (SSSR count). The van der Waals surface area contributed by atoms with Gasteiger partial charge in [0.25, 0.3) is 0 Å². The molecule has 0 heterocycles. The maximum atomic E-state index is 13.0. The van der Waals surface area contributed by atoms with E-state index < -0.39 is 0 Å². The van der Waals surface area contributed by atoms with E-state index in [1.54, 1.807) is 32.4 Å². The molecule has 0 aliphatic carbocycles. The third-order valence-electron chi connectivity index (χ3n) is 3.40. The first-order valence-corrected chi connectivity index (χ1v) is 6.59. The smallest absolute Gasteiger partial charge is 0.127 e. The predicted octanol–water partition coefficient (Wildman–Crippen LogP) is 3.37. The Hall–Kier alpha value is -2.36. The number of hydrogen-bond donors (Lipinski definition) is 0. The molecule has 4 heteroatoms. The highest BCUT2D eigenvalue weighted by atomic mass is 19.1. The number of aldehydes is 1. The molecule has 0 aliphatic heterocycles. The minimum atomic E-state index is -0.340. The van der Waals surface area contributed by atoms with Crippen LogP contribution in [0.25, 0.3) is 0 Å². The summed E-state index contributed by atoms with van der Waals surface area (Å²) in [5, 5.41) is 0. The van der Waals surface area contributed by atoms with Gasteiger partial charge in [-0.05, 0) is 35.7 Å². The molecule has 0 amide bonds. The molecule has 21 heavy (non-hydrogen) atoms. The van der Waals surface area contributed by atoms with Crippen molar-refractivity contribution >= 4 is 6.29 Å². The molecule has 1 unspecified atom stereocenters. The molecule has 0 N–H and O–H groups in total. The van der Waals surface area contributed by atoms with Gasteiger partial charge in [0.2, 0.25) is 0 Å². The average Bonchev–Trinajstić information content (AvgIpc) is 2.53. The van der Waals surface area contributed by atoms with Gasteiger partial charge in [-0.1, -0.05) is 18.2 Å². The first-order valence-electron chi connectivity index (χ1n) is 6.59. The van der Waals surface area contributed by atoms with Crippen molar-refractivity contribution in [2.24, 2.45) is 0 Å². The average molecular weight is 288 g/mol. The van der Waals surface area contributed by atoms with Crippen molar-refractivity contribution in [3.63, 3.8) is 0 Å². The molecule has 0 fully saturated rings. The zero-order valence-corrected chi connectivity index (χ0v) is 12.0. The van der Waals surface area contributed by atoms with Crippen LogP contribution in [0.2, 0.25) is 0 Å². The van der Waals surface area contributed by atoms with Crippen LogP contribution in [0.5, 0.6) is 11.5 Å². The van der Waals surface area contributed by atoms with Crippen LogP contribution in [0, 0.1) is 5.82 Å². The van der Waals surface area contributed by atoms with Gasteiger partial charge in [0.05, 0.1) is 14.2 Å². The number of benzene rings is 2. The molecule has 1 atom stereocenters. The first kappa shape index (κ1) is 15.0. The van der Waals surface area contributed by atoms with E-state index in [1.807, 2.05) is 12.1 Å². The maximum absolute atomic E-state index is 13.0. The van der Waals surface area contributed by atoms with Crippen LogP contribution < -0.4 is 9.47 Å². The lowest BCUT2D eigenvalue weighted by molar-refractivity contribution is -0.109. The fourth-order valence-electron chi connectivity index (χ4n) is 2.21. The Morgan fingerprint density at radius 1 is 1.10 bits per heavy atom. The zero-order valence-electron chi connectivity index (χ0n) is 12.0. The Labute approximate surface area is 123 Å². The molecule has 0 saturated carbocycles. The fraction of sp³-hybridized carbons (Fsp3) is 0.235. The van der Waals surface area contributed by atoms with Crippen molar-refractivity contribution in [2.75, 3.05) is 14.2 Å². The number of halogens is 1. The predicted molar refractivity (Wildman–Crippen MR) is 78.5 cm³/mol. The second kappa shape index (κ2) is 6.88. The lowest BCUT2D eigenvalue weighted by atomic mass is 9.93. The lowest BCUT2D eigenvalue weighted by Crippen LogP contribution is -2.06. The van der Waals surface area contributed by atoms with Gasteiger partial charge in [-0.15, -0.1) is 0 Å². The van der Waals surface area contributed by atoms with Crippen molar-refractivity contribution in [3.8, 4) is 11.5 Å². The summed E-state index contributed by atoms with van der Waals surface area (Å²) < 4.78 is 23.4. The number of rotatable bonds is 6. The van der Waals surface area contributed by atoms with Crippen molar-refractivity contribution in [2.45, 2.75) is 12.3 Å². The van der Waals surface area contributed by atoms with Crippen molar-refractivity contribution in [1.29, 1.82) is 0 Å². The molecule has 0 aromatic heterocycles. The summed E-state index contributed by atoms with van der Waals surface area (Å²) in [7, 11) is 3.16. The SMILES string of the molecule is COc1ccc(CC(C=O)c2ccc(F)cc2)c(OC)c1. The topological polar surface area (TPSA) is 35.5 Å². The fourth-order valence-corrected chi connectivity index (χ4v) is 2.21. The van der Waals surface area contributed by atoms with Crippen LogP contribution in [-0.2, 0) is 11.2 Å². The highest BCUT2D eigenvalue weighted by Crippen LogP contribution is 2.29. The molecular weight excluding hydrogens is 271 g/mol. The highest BCUT2D eigenvalue weighted by Gasteiger charge is 2.15. The monoisotopic (exact) mass is 288 g/mol. The number of carbonyl (C=O) groups is 1. The Morgan fingerprint density at radius 3 is 2.38 bits per heavy atom. The Kier molecular flexibility index (Phi) is 4.93. The summed E-state index contributed by atoms with van der Waals surface area (Å²) in [5.41, 5.74) is 1.68. The second-order valence-electron chi connectivity index (χ2n) is 4.68. The van der Waals surface area contributed by atoms with Gasteiger partial charge in [-0.25, -0.2) is 4.39 Å². The third-order valence-corrected chi connectivity index (χ3v) is 3.40. The first-order chi connectivity index (χ1) is 10.2. The van der Waals surface area contributed by atoms with E-state index in [-0.39, 0.29) is 11.7 Å². The minimum absolute atomic E-state index is 0.314. The van der Waals surface area contributed by atoms with Crippen LogP contribution in [-0.4, -0.2) is 20.5 Å². The van der Waals surface area contributed by atoms with E-state index in [9.17, 15) is 9.18 Å². The molecule has 2 aromatic rings. The molecule has 3 nitrogen and oxygen atoms in total. The van der Waals surface area contributed by atoms with Crippen LogP contribution in [0.3, 0.4) is 0 Å². The molecule has 0 bridgehead atoms. The minimum Gasteiger partial charge on any atom is -0.497 e. The van der Waals surface area contributed by atoms with E-state index in [0.29, 0.717) is 17.9 Å². The third kappa shape index (κ3) is 3.60. The lowest BCUT2D eigenvalue weighted by Gasteiger charge is -2.14. The summed E-state index contributed by atoms with van der Waals surface area (Å²) in [6.45, 7) is 0. The number of carbonyl (C=O) groups excluding carboxylic acids is 1. The number of ether oxygens (including phenoxy) is 2. The van der Waals surface area contributed by atoms with Gasteiger partial charge in [-0.2, -0.15) is 0 Å². The Balaban J connectivity index is 2.26. The van der Waals surface area contributed by atoms with Gasteiger partial charge in [-0.3, -0.25) is 0 Å². The van der Waals surface area contributed by atoms with Crippen LogP contribution in [0.4, 0.5) is 4.39 Å². The van der Waals surface area contributed by atoms with E-state index in [2.05, 4.69) is 0 Å². The number of hydrogen-bond acceptors (Lipinski definition) is 3. The molecule has 0 saturated heterocycles. The summed E-state index contributed by atoms with van der Waals surface area (Å²) in [5.74, 6) is 0.710. The Morgan fingerprint density at radius 2 is 1.81 bits per heavy atom. The summed E-state index contributed by atoms with van der Waals surface area (Å²) in [6.07, 6.45) is 1.36. The van der Waals surface area contributed by atoms with E-state index in [1.165, 1.54) is 12.1 Å². The number of methoxy groups -OCH3 is 2. The summed E-state index contributed by atoms with van der Waals surface area (Å²) in [6, 6.07) is 11.5. The molecule has 0 aliphatic rings. The van der Waals surface area contributed by atoms with E-state index >= 15 is 0 Å². The molecule has 110 valence electrons. The summed E-state index contributed by atoms with van der Waals surface area (Å²) >= 11 is 0. The maximum Gasteiger partial charge on any atom is 0.127 e. The molecule has 0 spiro atoms.